The Morgan fingerprint density at radius 3 is 2.62 bits per heavy atom. The summed E-state index contributed by atoms with van der Waals surface area (Å²) in [5, 5.41) is 4.92. The van der Waals surface area contributed by atoms with Gasteiger partial charge in [0.2, 0.25) is 5.91 Å². The number of hydrogen-bond acceptors (Lipinski definition) is 3. The highest BCUT2D eigenvalue weighted by Crippen LogP contribution is 2.24. The van der Waals surface area contributed by atoms with Crippen LogP contribution in [0.15, 0.2) is 53.9 Å². The lowest BCUT2D eigenvalue weighted by Crippen LogP contribution is -2.13. The van der Waals surface area contributed by atoms with Gasteiger partial charge in [0.1, 0.15) is 5.82 Å². The third kappa shape index (κ3) is 3.39. The summed E-state index contributed by atoms with van der Waals surface area (Å²) in [6, 6.07) is 15.9. The number of amides is 1. The number of carbonyl (C=O) groups is 1. The van der Waals surface area contributed by atoms with Gasteiger partial charge in [-0.1, -0.05) is 6.07 Å². The largest absolute Gasteiger partial charge is 0.338 e. The van der Waals surface area contributed by atoms with Crippen LogP contribution in [0.4, 0.5) is 5.69 Å². The molecule has 4 rings (SSSR count). The topological polar surface area (TPSA) is 57.8 Å². The molecule has 26 heavy (non-hydrogen) atoms. The number of anilines is 1. The standard InChI is InChI=1S/C21H19N3OS/c1-13-10-18-19(11-14(13)2)24-21(23-18)15-5-7-16(8-6-15)22-20(25)12-17-4-3-9-26-17/h3-11H,12H2,1-2H3,(H,22,25)(H,23,24). The summed E-state index contributed by atoms with van der Waals surface area (Å²) in [6.45, 7) is 4.19. The van der Waals surface area contributed by atoms with E-state index >= 15 is 0 Å². The quantitative estimate of drug-likeness (QED) is 0.532. The van der Waals surface area contributed by atoms with E-state index in [0.717, 1.165) is 33.0 Å². The average Bonchev–Trinajstić information content (AvgIpc) is 3.25. The van der Waals surface area contributed by atoms with Crippen molar-refractivity contribution in [2.75, 3.05) is 5.32 Å². The minimum absolute atomic E-state index is 0.00473. The Morgan fingerprint density at radius 2 is 1.88 bits per heavy atom. The van der Waals surface area contributed by atoms with E-state index in [4.69, 9.17) is 0 Å². The summed E-state index contributed by atoms with van der Waals surface area (Å²) in [6.07, 6.45) is 0.404. The number of hydrogen-bond donors (Lipinski definition) is 2. The molecule has 0 atom stereocenters. The number of nitrogens with zero attached hydrogens (tertiary/aromatic N) is 1. The lowest BCUT2D eigenvalue weighted by atomic mass is 10.1. The van der Waals surface area contributed by atoms with Crippen LogP contribution in [0.1, 0.15) is 16.0 Å². The maximum atomic E-state index is 12.1. The smallest absolute Gasteiger partial charge is 0.229 e. The minimum Gasteiger partial charge on any atom is -0.338 e. The fraction of sp³-hybridized carbons (Fsp3) is 0.143. The van der Waals surface area contributed by atoms with Gasteiger partial charge in [-0.2, -0.15) is 0 Å². The average molecular weight is 361 g/mol. The van der Waals surface area contributed by atoms with Crippen molar-refractivity contribution in [3.63, 3.8) is 0 Å². The third-order valence-corrected chi connectivity index (χ3v) is 5.33. The Kier molecular flexibility index (Phi) is 4.31. The van der Waals surface area contributed by atoms with Crippen LogP contribution >= 0.6 is 11.3 Å². The van der Waals surface area contributed by atoms with E-state index in [9.17, 15) is 4.79 Å². The van der Waals surface area contributed by atoms with Gasteiger partial charge < -0.3 is 10.3 Å². The van der Waals surface area contributed by atoms with Gasteiger partial charge in [-0.15, -0.1) is 11.3 Å². The number of thiophene rings is 1. The number of aromatic nitrogens is 2. The number of aromatic amines is 1. The van der Waals surface area contributed by atoms with Gasteiger partial charge >= 0.3 is 0 Å². The number of benzene rings is 2. The summed E-state index contributed by atoms with van der Waals surface area (Å²) < 4.78 is 0. The fourth-order valence-corrected chi connectivity index (χ4v) is 3.60. The van der Waals surface area contributed by atoms with Gasteiger partial charge in [0, 0.05) is 16.1 Å². The molecule has 2 N–H and O–H groups in total. The van der Waals surface area contributed by atoms with Crippen LogP contribution in [0, 0.1) is 13.8 Å². The van der Waals surface area contributed by atoms with Gasteiger partial charge in [-0.05, 0) is 72.8 Å². The Labute approximate surface area is 155 Å². The van der Waals surface area contributed by atoms with Gasteiger partial charge in [0.15, 0.2) is 0 Å². The molecule has 0 radical (unpaired) electrons. The summed E-state index contributed by atoms with van der Waals surface area (Å²) in [4.78, 5) is 21.2. The van der Waals surface area contributed by atoms with Crippen molar-refractivity contribution in [2.24, 2.45) is 0 Å². The highest BCUT2D eigenvalue weighted by atomic mass is 32.1. The molecular weight excluding hydrogens is 342 g/mol. The predicted octanol–water partition coefficient (Wildman–Crippen LogP) is 5.09. The Morgan fingerprint density at radius 1 is 1.12 bits per heavy atom. The molecule has 0 aliphatic rings. The second-order valence-electron chi connectivity index (χ2n) is 6.42. The molecule has 0 aliphatic heterocycles. The molecule has 5 heteroatoms. The van der Waals surface area contributed by atoms with E-state index in [2.05, 4.69) is 41.3 Å². The first-order valence-corrected chi connectivity index (χ1v) is 9.36. The van der Waals surface area contributed by atoms with Gasteiger partial charge in [-0.3, -0.25) is 4.79 Å². The molecule has 0 saturated heterocycles. The number of nitrogens with one attached hydrogen (secondary N) is 2. The van der Waals surface area contributed by atoms with E-state index in [1.54, 1.807) is 11.3 Å². The predicted molar refractivity (Wildman–Crippen MR) is 108 cm³/mol. The SMILES string of the molecule is Cc1cc2nc(-c3ccc(NC(=O)Cc4cccs4)cc3)[nH]c2cc1C. The van der Waals surface area contributed by atoms with Crippen LogP contribution in [-0.4, -0.2) is 15.9 Å². The molecule has 0 fully saturated rings. The summed E-state index contributed by atoms with van der Waals surface area (Å²) in [5.41, 5.74) is 6.27. The van der Waals surface area contributed by atoms with Crippen LogP contribution in [0.25, 0.3) is 22.4 Å². The second kappa shape index (κ2) is 6.77. The summed E-state index contributed by atoms with van der Waals surface area (Å²) >= 11 is 1.59. The van der Waals surface area contributed by atoms with E-state index in [-0.39, 0.29) is 5.91 Å². The molecule has 0 spiro atoms. The number of imidazole rings is 1. The zero-order valence-electron chi connectivity index (χ0n) is 14.7. The van der Waals surface area contributed by atoms with Gasteiger partial charge in [0.25, 0.3) is 0 Å². The molecule has 1 amide bonds. The van der Waals surface area contributed by atoms with Crippen LogP contribution in [0.2, 0.25) is 0 Å². The number of fused-ring (bicyclic) bond motifs is 1. The number of aryl methyl sites for hydroxylation is 2. The lowest BCUT2D eigenvalue weighted by Gasteiger charge is -2.05. The first kappa shape index (κ1) is 16.5. The Hall–Kier alpha value is -2.92. The lowest BCUT2D eigenvalue weighted by molar-refractivity contribution is -0.115. The van der Waals surface area contributed by atoms with Crippen LogP contribution in [0.5, 0.6) is 0 Å². The molecule has 4 aromatic rings. The maximum Gasteiger partial charge on any atom is 0.229 e. The normalized spacial score (nSPS) is 11.0. The van der Waals surface area contributed by atoms with Crippen LogP contribution < -0.4 is 5.32 Å². The van der Waals surface area contributed by atoms with Crippen molar-refractivity contribution in [3.05, 3.63) is 69.9 Å². The number of H-pyrrole nitrogens is 1. The molecule has 0 aliphatic carbocycles. The second-order valence-corrected chi connectivity index (χ2v) is 7.45. The fourth-order valence-electron chi connectivity index (χ4n) is 2.89. The first-order chi connectivity index (χ1) is 12.6. The van der Waals surface area contributed by atoms with E-state index < -0.39 is 0 Å². The molecule has 130 valence electrons. The van der Waals surface area contributed by atoms with Crippen LogP contribution in [-0.2, 0) is 11.2 Å². The van der Waals surface area contributed by atoms with Crippen molar-refractivity contribution in [2.45, 2.75) is 20.3 Å². The minimum atomic E-state index is -0.00473. The molecule has 2 aromatic heterocycles. The van der Waals surface area contributed by atoms with Crippen molar-refractivity contribution >= 4 is 34.0 Å². The summed E-state index contributed by atoms with van der Waals surface area (Å²) in [7, 11) is 0. The number of carbonyl (C=O) groups excluding carboxylic acids is 1. The molecule has 4 nitrogen and oxygen atoms in total. The van der Waals surface area contributed by atoms with Crippen molar-refractivity contribution in [1.82, 2.24) is 9.97 Å². The Bertz CT molecular complexity index is 1020. The highest BCUT2D eigenvalue weighted by Gasteiger charge is 2.08. The zero-order valence-corrected chi connectivity index (χ0v) is 15.5. The third-order valence-electron chi connectivity index (χ3n) is 4.45. The van der Waals surface area contributed by atoms with Gasteiger partial charge in [0.05, 0.1) is 17.5 Å². The van der Waals surface area contributed by atoms with E-state index in [0.29, 0.717) is 6.42 Å². The van der Waals surface area contributed by atoms with E-state index in [1.807, 2.05) is 41.8 Å². The Balaban J connectivity index is 1.51. The van der Waals surface area contributed by atoms with E-state index in [1.165, 1.54) is 11.1 Å². The van der Waals surface area contributed by atoms with Crippen molar-refractivity contribution in [3.8, 4) is 11.4 Å². The van der Waals surface area contributed by atoms with Crippen molar-refractivity contribution < 1.29 is 4.79 Å². The number of rotatable bonds is 4. The molecule has 0 bridgehead atoms. The summed E-state index contributed by atoms with van der Waals surface area (Å²) in [5.74, 6) is 0.830. The first-order valence-electron chi connectivity index (χ1n) is 8.48. The van der Waals surface area contributed by atoms with Gasteiger partial charge in [-0.25, -0.2) is 4.98 Å². The molecule has 2 aromatic carbocycles. The zero-order chi connectivity index (χ0) is 18.1. The monoisotopic (exact) mass is 361 g/mol. The maximum absolute atomic E-state index is 12.1. The molecule has 2 heterocycles. The highest BCUT2D eigenvalue weighted by molar-refractivity contribution is 7.10. The van der Waals surface area contributed by atoms with Crippen LogP contribution in [0.3, 0.4) is 0 Å². The molecule has 0 saturated carbocycles. The van der Waals surface area contributed by atoms with Crippen molar-refractivity contribution in [1.29, 1.82) is 0 Å². The molecule has 0 unspecified atom stereocenters. The molecular formula is C21H19N3OS.